The first-order valence-electron chi connectivity index (χ1n) is 5.47. The van der Waals surface area contributed by atoms with Crippen LogP contribution in [0.2, 0.25) is 0 Å². The number of nitrogens with one attached hydrogen (secondary N) is 1. The van der Waals surface area contributed by atoms with Gasteiger partial charge in [0.2, 0.25) is 0 Å². The van der Waals surface area contributed by atoms with E-state index >= 15 is 0 Å². The zero-order chi connectivity index (χ0) is 9.54. The first-order valence-corrected chi connectivity index (χ1v) is 5.47. The minimum absolute atomic E-state index is 0.149. The molecule has 76 valence electrons. The van der Waals surface area contributed by atoms with Crippen LogP contribution in [0.4, 0.5) is 0 Å². The van der Waals surface area contributed by atoms with Crippen LogP contribution < -0.4 is 5.32 Å². The van der Waals surface area contributed by atoms with Gasteiger partial charge >= 0.3 is 0 Å². The molecule has 0 bridgehead atoms. The Morgan fingerprint density at radius 1 is 1.43 bits per heavy atom. The lowest BCUT2D eigenvalue weighted by Gasteiger charge is -2.20. The molecule has 14 heavy (non-hydrogen) atoms. The lowest BCUT2D eigenvalue weighted by molar-refractivity contribution is -0.133. The van der Waals surface area contributed by atoms with Crippen LogP contribution in [0.1, 0.15) is 25.7 Å². The molecule has 2 atom stereocenters. The van der Waals surface area contributed by atoms with Crippen molar-refractivity contribution in [2.75, 3.05) is 13.1 Å². The van der Waals surface area contributed by atoms with E-state index in [4.69, 9.17) is 0 Å². The van der Waals surface area contributed by atoms with E-state index in [0.717, 1.165) is 44.5 Å². The molecule has 2 heterocycles. The lowest BCUT2D eigenvalue weighted by atomic mass is 10.1. The third-order valence-corrected chi connectivity index (χ3v) is 3.47. The molecule has 0 aromatic heterocycles. The predicted molar refractivity (Wildman–Crippen MR) is 52.9 cm³/mol. The highest BCUT2D eigenvalue weighted by Gasteiger charge is 2.41. The molecular formula is C10H15N3O. The Morgan fingerprint density at radius 2 is 2.36 bits per heavy atom. The van der Waals surface area contributed by atoms with Crippen LogP contribution in [0.15, 0.2) is 5.10 Å². The highest BCUT2D eigenvalue weighted by molar-refractivity contribution is 6.09. The monoisotopic (exact) mass is 193 g/mol. The second kappa shape index (κ2) is 3.05. The molecule has 0 radical (unpaired) electrons. The topological polar surface area (TPSA) is 44.7 Å². The van der Waals surface area contributed by atoms with Gasteiger partial charge in [0, 0.05) is 6.54 Å². The minimum Gasteiger partial charge on any atom is -0.315 e. The minimum atomic E-state index is 0.149. The molecule has 4 nitrogen and oxygen atoms in total. The van der Waals surface area contributed by atoms with E-state index in [-0.39, 0.29) is 11.8 Å². The fraction of sp³-hybridized carbons (Fsp3) is 0.800. The van der Waals surface area contributed by atoms with Crippen molar-refractivity contribution < 1.29 is 4.79 Å². The first-order chi connectivity index (χ1) is 6.86. The number of rotatable bonds is 1. The van der Waals surface area contributed by atoms with Crippen LogP contribution >= 0.6 is 0 Å². The number of hydrogen-bond donors (Lipinski definition) is 1. The van der Waals surface area contributed by atoms with Gasteiger partial charge in [-0.05, 0) is 32.2 Å². The van der Waals surface area contributed by atoms with Gasteiger partial charge in [-0.15, -0.1) is 0 Å². The predicted octanol–water partition coefficient (Wildman–Crippen LogP) is 0.347. The van der Waals surface area contributed by atoms with Gasteiger partial charge in [-0.25, -0.2) is 5.01 Å². The van der Waals surface area contributed by atoms with E-state index in [2.05, 4.69) is 10.4 Å². The van der Waals surface area contributed by atoms with Crippen molar-refractivity contribution in [3.63, 3.8) is 0 Å². The summed E-state index contributed by atoms with van der Waals surface area (Å²) in [5.74, 6) is 0.404. The van der Waals surface area contributed by atoms with E-state index in [1.165, 1.54) is 0 Å². The van der Waals surface area contributed by atoms with Crippen LogP contribution in [0.3, 0.4) is 0 Å². The summed E-state index contributed by atoms with van der Waals surface area (Å²) in [5.41, 5.74) is 1.14. The standard InChI is InChI=1S/C10H15N3O/c14-10-8-2-1-3-9(8)12-13(10)7-4-5-11-6-7/h7-8,11H,1-6H2. The molecule has 1 saturated heterocycles. The molecule has 2 unspecified atom stereocenters. The lowest BCUT2D eigenvalue weighted by Crippen LogP contribution is -2.36. The summed E-state index contributed by atoms with van der Waals surface area (Å²) in [5, 5.41) is 9.50. The fourth-order valence-corrected chi connectivity index (χ4v) is 2.67. The summed E-state index contributed by atoms with van der Waals surface area (Å²) in [6, 6.07) is 0.320. The average Bonchev–Trinajstić information content (AvgIpc) is 2.84. The number of hydrogen-bond acceptors (Lipinski definition) is 3. The Kier molecular flexibility index (Phi) is 1.83. The van der Waals surface area contributed by atoms with Crippen molar-refractivity contribution in [2.24, 2.45) is 11.0 Å². The largest absolute Gasteiger partial charge is 0.315 e. The Morgan fingerprint density at radius 3 is 3.07 bits per heavy atom. The molecule has 4 heteroatoms. The highest BCUT2D eigenvalue weighted by atomic mass is 16.2. The van der Waals surface area contributed by atoms with E-state index in [9.17, 15) is 4.79 Å². The summed E-state index contributed by atoms with van der Waals surface area (Å²) < 4.78 is 0. The van der Waals surface area contributed by atoms with E-state index in [0.29, 0.717) is 6.04 Å². The summed E-state index contributed by atoms with van der Waals surface area (Å²) in [6.45, 7) is 1.93. The van der Waals surface area contributed by atoms with Crippen LogP contribution in [-0.4, -0.2) is 35.8 Å². The summed E-state index contributed by atoms with van der Waals surface area (Å²) in [7, 11) is 0. The first kappa shape index (κ1) is 8.41. The zero-order valence-corrected chi connectivity index (χ0v) is 8.20. The quantitative estimate of drug-likeness (QED) is 0.653. The maximum Gasteiger partial charge on any atom is 0.251 e. The molecule has 3 rings (SSSR count). The molecule has 2 fully saturated rings. The van der Waals surface area contributed by atoms with Crippen molar-refractivity contribution in [3.8, 4) is 0 Å². The molecule has 3 aliphatic rings. The van der Waals surface area contributed by atoms with Crippen LogP contribution in [0.5, 0.6) is 0 Å². The highest BCUT2D eigenvalue weighted by Crippen LogP contribution is 2.31. The molecule has 0 aromatic carbocycles. The summed E-state index contributed by atoms with van der Waals surface area (Å²) >= 11 is 0. The Hall–Kier alpha value is -0.900. The number of carbonyl (C=O) groups is 1. The molecule has 1 N–H and O–H groups in total. The summed E-state index contributed by atoms with van der Waals surface area (Å²) in [6.07, 6.45) is 4.25. The summed E-state index contributed by atoms with van der Waals surface area (Å²) in [4.78, 5) is 12.0. The maximum atomic E-state index is 12.0. The van der Waals surface area contributed by atoms with E-state index in [1.807, 2.05) is 0 Å². The van der Waals surface area contributed by atoms with Gasteiger partial charge in [0.05, 0.1) is 17.7 Å². The fourth-order valence-electron chi connectivity index (χ4n) is 2.67. The van der Waals surface area contributed by atoms with Crippen molar-refractivity contribution >= 4 is 11.6 Å². The molecule has 1 aliphatic carbocycles. The average molecular weight is 193 g/mol. The Bertz CT molecular complexity index is 294. The molecule has 1 saturated carbocycles. The number of hydrazone groups is 1. The van der Waals surface area contributed by atoms with Gasteiger partial charge in [0.15, 0.2) is 0 Å². The molecule has 1 amide bonds. The number of amides is 1. The van der Waals surface area contributed by atoms with Crippen LogP contribution in [-0.2, 0) is 4.79 Å². The van der Waals surface area contributed by atoms with Crippen molar-refractivity contribution in [2.45, 2.75) is 31.7 Å². The van der Waals surface area contributed by atoms with Crippen molar-refractivity contribution in [3.05, 3.63) is 0 Å². The van der Waals surface area contributed by atoms with E-state index in [1.54, 1.807) is 5.01 Å². The third kappa shape index (κ3) is 1.10. The normalized spacial score (nSPS) is 36.4. The smallest absolute Gasteiger partial charge is 0.251 e. The zero-order valence-electron chi connectivity index (χ0n) is 8.20. The van der Waals surface area contributed by atoms with Gasteiger partial charge < -0.3 is 5.32 Å². The number of carbonyl (C=O) groups excluding carboxylic acids is 1. The van der Waals surface area contributed by atoms with Crippen molar-refractivity contribution in [1.82, 2.24) is 10.3 Å². The van der Waals surface area contributed by atoms with E-state index < -0.39 is 0 Å². The number of fused-ring (bicyclic) bond motifs is 1. The Balaban J connectivity index is 1.81. The van der Waals surface area contributed by atoms with Gasteiger partial charge in [0.25, 0.3) is 5.91 Å². The van der Waals surface area contributed by atoms with Crippen LogP contribution in [0.25, 0.3) is 0 Å². The second-order valence-corrected chi connectivity index (χ2v) is 4.37. The van der Waals surface area contributed by atoms with Crippen molar-refractivity contribution in [1.29, 1.82) is 0 Å². The van der Waals surface area contributed by atoms with Gasteiger partial charge in [-0.1, -0.05) is 0 Å². The molecule has 0 aromatic rings. The molecular weight excluding hydrogens is 178 g/mol. The van der Waals surface area contributed by atoms with Crippen LogP contribution in [0, 0.1) is 5.92 Å². The molecule has 0 spiro atoms. The number of nitrogens with zero attached hydrogens (tertiary/aromatic N) is 2. The SMILES string of the molecule is O=C1C2CCCC2=NN1C1CCNC1. The second-order valence-electron chi connectivity index (χ2n) is 4.37. The van der Waals surface area contributed by atoms with Gasteiger partial charge in [-0.2, -0.15) is 5.10 Å². The maximum absolute atomic E-state index is 12.0. The van der Waals surface area contributed by atoms with Gasteiger partial charge in [-0.3, -0.25) is 4.79 Å². The third-order valence-electron chi connectivity index (χ3n) is 3.47. The Labute approximate surface area is 83.3 Å². The molecule has 2 aliphatic heterocycles. The van der Waals surface area contributed by atoms with Gasteiger partial charge in [0.1, 0.15) is 0 Å².